The van der Waals surface area contributed by atoms with Crippen molar-refractivity contribution in [1.82, 2.24) is 5.32 Å². The van der Waals surface area contributed by atoms with Gasteiger partial charge in [0.15, 0.2) is 0 Å². The number of rotatable bonds is 9. The third kappa shape index (κ3) is 6.23. The van der Waals surface area contributed by atoms with Gasteiger partial charge in [0.2, 0.25) is 15.9 Å². The molecule has 0 aliphatic carbocycles. The molecular weight excluding hydrogens is 338 g/mol. The summed E-state index contributed by atoms with van der Waals surface area (Å²) in [4.78, 5) is 14.3. The molecule has 0 radical (unpaired) electrons. The summed E-state index contributed by atoms with van der Waals surface area (Å²) in [5.74, 6) is 0.0112. The van der Waals surface area contributed by atoms with Gasteiger partial charge in [0, 0.05) is 25.3 Å². The van der Waals surface area contributed by atoms with Crippen LogP contribution < -0.4 is 14.5 Å². The van der Waals surface area contributed by atoms with Crippen molar-refractivity contribution in [3.63, 3.8) is 0 Å². The molecule has 7 heteroatoms. The maximum atomic E-state index is 12.2. The van der Waals surface area contributed by atoms with Crippen LogP contribution in [0.25, 0.3) is 0 Å². The molecular formula is C18H31N3O3S. The number of nitrogens with one attached hydrogen (secondary N) is 1. The molecule has 0 unspecified atom stereocenters. The topological polar surface area (TPSA) is 69.7 Å². The van der Waals surface area contributed by atoms with Crippen molar-refractivity contribution >= 4 is 27.3 Å². The maximum Gasteiger partial charge on any atom is 0.240 e. The second-order valence-electron chi connectivity index (χ2n) is 6.61. The summed E-state index contributed by atoms with van der Waals surface area (Å²) in [5.41, 5.74) is 2.41. The fourth-order valence-electron chi connectivity index (χ4n) is 2.59. The highest BCUT2D eigenvalue weighted by Gasteiger charge is 2.22. The predicted molar refractivity (Wildman–Crippen MR) is 105 cm³/mol. The lowest BCUT2D eigenvalue weighted by Crippen LogP contribution is -2.41. The van der Waals surface area contributed by atoms with E-state index in [2.05, 4.69) is 24.1 Å². The van der Waals surface area contributed by atoms with Crippen molar-refractivity contribution in [2.75, 3.05) is 41.6 Å². The first-order valence-corrected chi connectivity index (χ1v) is 10.5. The minimum absolute atomic E-state index is 0.211. The minimum Gasteiger partial charge on any atom is -0.372 e. The number of benzene rings is 1. The van der Waals surface area contributed by atoms with Gasteiger partial charge in [0.1, 0.15) is 6.54 Å². The molecule has 0 saturated carbocycles. The van der Waals surface area contributed by atoms with Crippen molar-refractivity contribution in [2.24, 2.45) is 5.92 Å². The lowest BCUT2D eigenvalue weighted by molar-refractivity contribution is -0.119. The zero-order valence-corrected chi connectivity index (χ0v) is 17.0. The molecule has 1 N–H and O–H groups in total. The Morgan fingerprint density at radius 2 is 1.80 bits per heavy atom. The number of aryl methyl sites for hydroxylation is 1. The molecule has 0 heterocycles. The zero-order chi connectivity index (χ0) is 19.2. The van der Waals surface area contributed by atoms with Crippen LogP contribution in [0.3, 0.4) is 0 Å². The molecule has 25 heavy (non-hydrogen) atoms. The van der Waals surface area contributed by atoms with Gasteiger partial charge in [-0.1, -0.05) is 13.8 Å². The summed E-state index contributed by atoms with van der Waals surface area (Å²) in [6, 6.07) is 5.64. The van der Waals surface area contributed by atoms with E-state index in [0.29, 0.717) is 18.2 Å². The lowest BCUT2D eigenvalue weighted by Gasteiger charge is -2.26. The Balaban J connectivity index is 3.10. The van der Waals surface area contributed by atoms with E-state index >= 15 is 0 Å². The molecule has 1 amide bonds. The first kappa shape index (κ1) is 21.3. The van der Waals surface area contributed by atoms with E-state index in [0.717, 1.165) is 30.6 Å². The minimum atomic E-state index is -3.56. The fraction of sp³-hybridized carbons (Fsp3) is 0.611. The fourth-order valence-corrected chi connectivity index (χ4v) is 3.50. The van der Waals surface area contributed by atoms with Crippen molar-refractivity contribution in [1.29, 1.82) is 0 Å². The summed E-state index contributed by atoms with van der Waals surface area (Å²) in [7, 11) is -3.56. The Morgan fingerprint density at radius 3 is 2.24 bits per heavy atom. The molecule has 0 atom stereocenters. The molecule has 1 aromatic rings. The molecule has 0 fully saturated rings. The Kier molecular flexibility index (Phi) is 7.73. The third-order valence-electron chi connectivity index (χ3n) is 3.97. The van der Waals surface area contributed by atoms with E-state index < -0.39 is 10.0 Å². The summed E-state index contributed by atoms with van der Waals surface area (Å²) in [5, 5.41) is 2.77. The highest BCUT2D eigenvalue weighted by atomic mass is 32.2. The number of hydrogen-bond acceptors (Lipinski definition) is 4. The average Bonchev–Trinajstić information content (AvgIpc) is 2.51. The first-order chi connectivity index (χ1) is 11.6. The molecule has 0 aliphatic heterocycles. The number of hydrogen-bond donors (Lipinski definition) is 1. The van der Waals surface area contributed by atoms with E-state index in [9.17, 15) is 13.2 Å². The van der Waals surface area contributed by atoms with Crippen LogP contribution in [-0.4, -0.2) is 46.8 Å². The number of nitrogens with zero attached hydrogens (tertiary/aromatic N) is 2. The van der Waals surface area contributed by atoms with E-state index in [-0.39, 0.29) is 12.5 Å². The van der Waals surface area contributed by atoms with Crippen molar-refractivity contribution in [3.05, 3.63) is 23.8 Å². The Hall–Kier alpha value is -1.76. The maximum absolute atomic E-state index is 12.2. The van der Waals surface area contributed by atoms with Gasteiger partial charge in [-0.05, 0) is 50.5 Å². The van der Waals surface area contributed by atoms with Gasteiger partial charge in [0.25, 0.3) is 0 Å². The van der Waals surface area contributed by atoms with Gasteiger partial charge >= 0.3 is 0 Å². The summed E-state index contributed by atoms with van der Waals surface area (Å²) in [6.07, 6.45) is 1.13. The summed E-state index contributed by atoms with van der Waals surface area (Å²) in [6.45, 7) is 12.1. The number of carbonyl (C=O) groups excluding carboxylic acids is 1. The largest absolute Gasteiger partial charge is 0.372 e. The molecule has 0 aliphatic rings. The molecule has 6 nitrogen and oxygen atoms in total. The predicted octanol–water partition coefficient (Wildman–Crippen LogP) is 2.38. The molecule has 0 aromatic heterocycles. The number of amides is 1. The van der Waals surface area contributed by atoms with Crippen LogP contribution in [0.5, 0.6) is 0 Å². The Bertz CT molecular complexity index is 683. The highest BCUT2D eigenvalue weighted by Crippen LogP contribution is 2.27. The smallest absolute Gasteiger partial charge is 0.240 e. The standard InChI is InChI=1S/C18H31N3O3S/c1-7-20(8-2)16-9-10-17(15(5)11-16)21(25(6,23)24)13-18(22)19-12-14(3)4/h9-11,14H,7-8,12-13H2,1-6H3,(H,19,22). The SMILES string of the molecule is CCN(CC)c1ccc(N(CC(=O)NCC(C)C)S(C)(=O)=O)c(C)c1. The van der Waals surface area contributed by atoms with E-state index in [4.69, 9.17) is 0 Å². The van der Waals surface area contributed by atoms with Gasteiger partial charge in [-0.3, -0.25) is 9.10 Å². The summed E-state index contributed by atoms with van der Waals surface area (Å²) < 4.78 is 25.6. The zero-order valence-electron chi connectivity index (χ0n) is 16.2. The Labute approximate surface area is 152 Å². The first-order valence-electron chi connectivity index (χ1n) is 8.70. The van der Waals surface area contributed by atoms with Crippen LogP contribution in [0, 0.1) is 12.8 Å². The van der Waals surface area contributed by atoms with Gasteiger partial charge < -0.3 is 10.2 Å². The molecule has 0 bridgehead atoms. The molecule has 1 rings (SSSR count). The normalized spacial score (nSPS) is 11.5. The van der Waals surface area contributed by atoms with E-state index in [1.807, 2.05) is 32.9 Å². The quantitative estimate of drug-likeness (QED) is 0.725. The number of sulfonamides is 1. The molecule has 0 spiro atoms. The van der Waals surface area contributed by atoms with Crippen LogP contribution in [0.4, 0.5) is 11.4 Å². The van der Waals surface area contributed by atoms with Crippen LogP contribution in [0.2, 0.25) is 0 Å². The van der Waals surface area contributed by atoms with Crippen molar-refractivity contribution in [3.8, 4) is 0 Å². The van der Waals surface area contributed by atoms with Gasteiger partial charge in [-0.2, -0.15) is 0 Å². The van der Waals surface area contributed by atoms with E-state index in [1.165, 1.54) is 4.31 Å². The van der Waals surface area contributed by atoms with Crippen LogP contribution >= 0.6 is 0 Å². The molecule has 142 valence electrons. The monoisotopic (exact) mass is 369 g/mol. The second kappa shape index (κ2) is 9.08. The lowest BCUT2D eigenvalue weighted by atomic mass is 10.1. The average molecular weight is 370 g/mol. The number of carbonyl (C=O) groups is 1. The number of anilines is 2. The molecule has 0 saturated heterocycles. The van der Waals surface area contributed by atoms with Crippen LogP contribution in [-0.2, 0) is 14.8 Å². The van der Waals surface area contributed by atoms with Crippen LogP contribution in [0.15, 0.2) is 18.2 Å². The van der Waals surface area contributed by atoms with Gasteiger partial charge in [-0.25, -0.2) is 8.42 Å². The second-order valence-corrected chi connectivity index (χ2v) is 8.52. The van der Waals surface area contributed by atoms with Crippen molar-refractivity contribution in [2.45, 2.75) is 34.6 Å². The highest BCUT2D eigenvalue weighted by molar-refractivity contribution is 7.92. The van der Waals surface area contributed by atoms with Crippen molar-refractivity contribution < 1.29 is 13.2 Å². The third-order valence-corrected chi connectivity index (χ3v) is 5.10. The Morgan fingerprint density at radius 1 is 1.20 bits per heavy atom. The van der Waals surface area contributed by atoms with Gasteiger partial charge in [-0.15, -0.1) is 0 Å². The van der Waals surface area contributed by atoms with Gasteiger partial charge in [0.05, 0.1) is 11.9 Å². The van der Waals surface area contributed by atoms with Crippen LogP contribution in [0.1, 0.15) is 33.3 Å². The molecule has 1 aromatic carbocycles. The summed E-state index contributed by atoms with van der Waals surface area (Å²) >= 11 is 0. The van der Waals surface area contributed by atoms with E-state index in [1.54, 1.807) is 6.07 Å².